The molecule has 11 nitrogen and oxygen atoms in total. The normalized spacial score (nSPS) is 18.3. The summed E-state index contributed by atoms with van der Waals surface area (Å²) in [7, 11) is 0. The number of anilines is 2. The molecule has 2 saturated heterocycles. The first-order chi connectivity index (χ1) is 17.3. The zero-order valence-corrected chi connectivity index (χ0v) is 19.8. The van der Waals surface area contributed by atoms with Gasteiger partial charge >= 0.3 is 18.5 Å². The molecule has 1 atom stereocenters. The van der Waals surface area contributed by atoms with E-state index in [1.54, 1.807) is 22.7 Å². The first kappa shape index (κ1) is 25.5. The second-order valence-electron chi connectivity index (χ2n) is 7.97. The van der Waals surface area contributed by atoms with Crippen LogP contribution in [0.4, 0.5) is 34.1 Å². The van der Waals surface area contributed by atoms with Gasteiger partial charge < -0.3 is 20.3 Å². The van der Waals surface area contributed by atoms with E-state index in [1.807, 2.05) is 5.32 Å². The number of urea groups is 1. The summed E-state index contributed by atoms with van der Waals surface area (Å²) in [6.45, 7) is 1.57. The molecular weight excluding hydrogens is 503 g/mol. The number of hydrazine groups is 1. The number of cyclic esters (lactones) is 1. The number of hydrogen-bond acceptors (Lipinski definition) is 8. The molecule has 0 aliphatic carbocycles. The van der Waals surface area contributed by atoms with Crippen LogP contribution < -0.4 is 25.9 Å². The van der Waals surface area contributed by atoms with Crippen LogP contribution in [0.1, 0.15) is 4.88 Å². The Morgan fingerprint density at radius 3 is 2.81 bits per heavy atom. The number of nitrogens with one attached hydrogen (secondary N) is 3. The van der Waals surface area contributed by atoms with Crippen LogP contribution in [0, 0.1) is 5.82 Å². The molecule has 0 saturated carbocycles. The summed E-state index contributed by atoms with van der Waals surface area (Å²) in [4.78, 5) is 43.5. The second-order valence-corrected chi connectivity index (χ2v) is 8.94. The lowest BCUT2D eigenvalue weighted by Gasteiger charge is -2.24. The third-order valence-corrected chi connectivity index (χ3v) is 6.36. The highest BCUT2D eigenvalue weighted by Gasteiger charge is 2.33. The Hall–Kier alpha value is -3.59. The average molecular weight is 528 g/mol. The van der Waals surface area contributed by atoms with Crippen LogP contribution in [0.2, 0.25) is 0 Å². The first-order valence-electron chi connectivity index (χ1n) is 11.1. The average Bonchev–Trinajstić information content (AvgIpc) is 3.44. The Balaban J connectivity index is 1.32. The number of thiazole rings is 1. The summed E-state index contributed by atoms with van der Waals surface area (Å²) in [5.41, 5.74) is 5.25. The molecule has 36 heavy (non-hydrogen) atoms. The van der Waals surface area contributed by atoms with Crippen molar-refractivity contribution in [3.05, 3.63) is 40.6 Å². The van der Waals surface area contributed by atoms with Gasteiger partial charge in [0.15, 0.2) is 0 Å². The molecule has 2 aliphatic heterocycles. The third-order valence-electron chi connectivity index (χ3n) is 5.58. The van der Waals surface area contributed by atoms with Crippen molar-refractivity contribution >= 4 is 40.7 Å². The highest BCUT2D eigenvalue weighted by molar-refractivity contribution is 7.09. The fourth-order valence-corrected chi connectivity index (χ4v) is 4.32. The first-order valence-corrected chi connectivity index (χ1v) is 11.9. The fourth-order valence-electron chi connectivity index (χ4n) is 3.78. The standard InChI is InChI=1S/C21H24F3N7O4S/c22-16-7-13(30-11-14(35-21(30)34)8-26-19(32)18(23)24)1-2-17(16)29-4-3-28-31(6-5-29)20(33)27-10-15-9-25-12-36-15/h1-2,7,9,12,14,18,28H,3-6,8,10-11H2,(H,26,32)(H,27,33)/t14-/m0/s1. The molecule has 15 heteroatoms. The van der Waals surface area contributed by atoms with Crippen molar-refractivity contribution in [2.24, 2.45) is 0 Å². The Morgan fingerprint density at radius 2 is 2.08 bits per heavy atom. The number of rotatable bonds is 7. The third kappa shape index (κ3) is 6.15. The van der Waals surface area contributed by atoms with Crippen LogP contribution in [0.5, 0.6) is 0 Å². The molecule has 0 bridgehead atoms. The molecule has 1 aromatic heterocycles. The maximum Gasteiger partial charge on any atom is 0.414 e. The number of aromatic nitrogens is 1. The zero-order valence-electron chi connectivity index (χ0n) is 19.0. The van der Waals surface area contributed by atoms with Crippen LogP contribution in [-0.4, -0.2) is 79.8 Å². The predicted molar refractivity (Wildman–Crippen MR) is 124 cm³/mol. The topological polar surface area (TPSA) is 119 Å². The minimum absolute atomic E-state index is 0.0274. The van der Waals surface area contributed by atoms with E-state index >= 15 is 4.39 Å². The molecule has 2 aliphatic rings. The van der Waals surface area contributed by atoms with Crippen molar-refractivity contribution in [1.82, 2.24) is 26.1 Å². The van der Waals surface area contributed by atoms with Crippen LogP contribution in [-0.2, 0) is 16.1 Å². The maximum atomic E-state index is 15.0. The number of benzene rings is 1. The quantitative estimate of drug-likeness (QED) is 0.500. The molecule has 4 amide bonds. The summed E-state index contributed by atoms with van der Waals surface area (Å²) in [5, 5.41) is 6.25. The van der Waals surface area contributed by atoms with Crippen LogP contribution in [0.15, 0.2) is 29.9 Å². The number of ether oxygens (including phenoxy) is 1. The van der Waals surface area contributed by atoms with E-state index in [2.05, 4.69) is 15.7 Å². The van der Waals surface area contributed by atoms with E-state index < -0.39 is 30.3 Å². The van der Waals surface area contributed by atoms with Gasteiger partial charge in [-0.3, -0.25) is 19.7 Å². The number of carbonyl (C=O) groups is 3. The van der Waals surface area contributed by atoms with Gasteiger partial charge in [-0.15, -0.1) is 11.3 Å². The molecule has 2 fully saturated rings. The molecule has 0 spiro atoms. The second kappa shape index (κ2) is 11.4. The van der Waals surface area contributed by atoms with Gasteiger partial charge in [0, 0.05) is 30.7 Å². The van der Waals surface area contributed by atoms with E-state index in [0.29, 0.717) is 38.4 Å². The summed E-state index contributed by atoms with van der Waals surface area (Å²) < 4.78 is 44.8. The Bertz CT molecular complexity index is 1090. The van der Waals surface area contributed by atoms with Crippen molar-refractivity contribution < 1.29 is 32.3 Å². The highest BCUT2D eigenvalue weighted by Crippen LogP contribution is 2.28. The molecule has 4 rings (SSSR count). The number of nitrogens with zero attached hydrogens (tertiary/aromatic N) is 4. The molecule has 3 heterocycles. The van der Waals surface area contributed by atoms with Gasteiger partial charge in [-0.25, -0.2) is 19.4 Å². The zero-order chi connectivity index (χ0) is 25.7. The number of alkyl halides is 2. The Kier molecular flexibility index (Phi) is 8.10. The molecule has 0 unspecified atom stereocenters. The van der Waals surface area contributed by atoms with Gasteiger partial charge in [0.05, 0.1) is 43.1 Å². The number of amides is 4. The van der Waals surface area contributed by atoms with E-state index in [0.717, 1.165) is 4.88 Å². The SMILES string of the molecule is O=C(NC[C@H]1CN(c2ccc(N3CCNN(C(=O)NCc4cncs4)CC3)c(F)c2)C(=O)O1)C(F)F. The van der Waals surface area contributed by atoms with E-state index in [4.69, 9.17) is 4.74 Å². The van der Waals surface area contributed by atoms with Gasteiger partial charge in [0.25, 0.3) is 5.91 Å². The fraction of sp³-hybridized carbons (Fsp3) is 0.429. The minimum Gasteiger partial charge on any atom is -0.442 e. The highest BCUT2D eigenvalue weighted by atomic mass is 32.1. The lowest BCUT2D eigenvalue weighted by molar-refractivity contribution is -0.132. The largest absolute Gasteiger partial charge is 0.442 e. The lowest BCUT2D eigenvalue weighted by Crippen LogP contribution is -2.48. The smallest absolute Gasteiger partial charge is 0.414 e. The molecule has 194 valence electrons. The van der Waals surface area contributed by atoms with E-state index in [-0.39, 0.29) is 24.8 Å². The van der Waals surface area contributed by atoms with Crippen molar-refractivity contribution in [2.45, 2.75) is 19.1 Å². The molecule has 1 aromatic carbocycles. The van der Waals surface area contributed by atoms with Gasteiger partial charge in [-0.2, -0.15) is 8.78 Å². The number of hydrogen-bond donors (Lipinski definition) is 3. The van der Waals surface area contributed by atoms with Crippen LogP contribution in [0.3, 0.4) is 0 Å². The van der Waals surface area contributed by atoms with Crippen LogP contribution in [0.25, 0.3) is 0 Å². The number of halogens is 3. The number of carbonyl (C=O) groups excluding carboxylic acids is 3. The molecule has 0 radical (unpaired) electrons. The molecular formula is C21H24F3N7O4S. The van der Waals surface area contributed by atoms with E-state index in [1.165, 1.54) is 33.4 Å². The van der Waals surface area contributed by atoms with Crippen molar-refractivity contribution in [3.63, 3.8) is 0 Å². The van der Waals surface area contributed by atoms with Crippen molar-refractivity contribution in [2.75, 3.05) is 49.1 Å². The monoisotopic (exact) mass is 527 g/mol. The van der Waals surface area contributed by atoms with Gasteiger partial charge in [-0.1, -0.05) is 0 Å². The molecule has 3 N–H and O–H groups in total. The van der Waals surface area contributed by atoms with Crippen molar-refractivity contribution in [1.29, 1.82) is 0 Å². The summed E-state index contributed by atoms with van der Waals surface area (Å²) >= 11 is 1.44. The predicted octanol–water partition coefficient (Wildman–Crippen LogP) is 1.53. The van der Waals surface area contributed by atoms with Gasteiger partial charge in [0.2, 0.25) is 0 Å². The van der Waals surface area contributed by atoms with Gasteiger partial charge in [0.1, 0.15) is 11.9 Å². The molecule has 2 aromatic rings. The maximum absolute atomic E-state index is 15.0. The summed E-state index contributed by atoms with van der Waals surface area (Å²) in [5.74, 6) is -2.03. The Labute approximate surface area is 208 Å². The van der Waals surface area contributed by atoms with Gasteiger partial charge in [-0.05, 0) is 18.2 Å². The summed E-state index contributed by atoms with van der Waals surface area (Å²) in [6, 6.07) is 3.98. The van der Waals surface area contributed by atoms with Crippen molar-refractivity contribution in [3.8, 4) is 0 Å². The van der Waals surface area contributed by atoms with Crippen LogP contribution >= 0.6 is 11.3 Å². The van der Waals surface area contributed by atoms with E-state index in [9.17, 15) is 23.2 Å². The summed E-state index contributed by atoms with van der Waals surface area (Å²) in [6.07, 6.45) is -3.09. The Morgan fingerprint density at radius 1 is 1.25 bits per heavy atom. The minimum atomic E-state index is -3.17. The lowest BCUT2D eigenvalue weighted by atomic mass is 10.2.